The predicted octanol–water partition coefficient (Wildman–Crippen LogP) is 6.24. The Balaban J connectivity index is 1.72. The molecule has 1 aliphatic heterocycles. The zero-order chi connectivity index (χ0) is 26.8. The molecule has 0 spiro atoms. The number of aromatic nitrogens is 1. The third-order valence-electron chi connectivity index (χ3n) is 6.43. The lowest BCUT2D eigenvalue weighted by Crippen LogP contribution is -2.47. The van der Waals surface area contributed by atoms with Gasteiger partial charge in [-0.15, -0.1) is 11.3 Å². The summed E-state index contributed by atoms with van der Waals surface area (Å²) in [5, 5.41) is 8.79. The molecular formula is C25H16ClF4N5OS. The van der Waals surface area contributed by atoms with Crippen LogP contribution in [0.2, 0.25) is 5.02 Å². The number of thiophene rings is 1. The summed E-state index contributed by atoms with van der Waals surface area (Å²) in [5.41, 5.74) is 9.92. The zero-order valence-electron chi connectivity index (χ0n) is 19.0. The van der Waals surface area contributed by atoms with Gasteiger partial charge in [-0.3, -0.25) is 4.79 Å². The fourth-order valence-corrected chi connectivity index (χ4v) is 6.07. The zero-order valence-corrected chi connectivity index (χ0v) is 20.5. The van der Waals surface area contributed by atoms with Gasteiger partial charge in [0, 0.05) is 22.7 Å². The van der Waals surface area contributed by atoms with E-state index >= 15 is 13.2 Å². The van der Waals surface area contributed by atoms with Crippen molar-refractivity contribution in [1.82, 2.24) is 9.88 Å². The number of hydrogen-bond acceptors (Lipinski definition) is 6. The number of alkyl halides is 2. The topological polar surface area (TPSA) is 109 Å². The number of nitrogen functional groups attached to an aromatic ring is 2. The molecular weight excluding hydrogens is 530 g/mol. The number of anilines is 2. The molecule has 0 fully saturated rings. The summed E-state index contributed by atoms with van der Waals surface area (Å²) in [4.78, 5) is 18.2. The highest BCUT2D eigenvalue weighted by Crippen LogP contribution is 2.50. The minimum absolute atomic E-state index is 0.0156. The molecule has 12 heteroatoms. The molecule has 188 valence electrons. The van der Waals surface area contributed by atoms with E-state index in [1.165, 1.54) is 13.1 Å². The highest BCUT2D eigenvalue weighted by atomic mass is 35.5. The minimum Gasteiger partial charge on any atom is -0.389 e. The molecule has 5 rings (SSSR count). The van der Waals surface area contributed by atoms with Crippen LogP contribution < -0.4 is 11.5 Å². The Morgan fingerprint density at radius 1 is 1.22 bits per heavy atom. The molecule has 4 N–H and O–H groups in total. The van der Waals surface area contributed by atoms with Crippen molar-refractivity contribution in [3.05, 3.63) is 75.4 Å². The Kier molecular flexibility index (Phi) is 5.77. The van der Waals surface area contributed by atoms with Crippen molar-refractivity contribution in [2.24, 2.45) is 0 Å². The molecule has 0 bridgehead atoms. The molecule has 0 saturated carbocycles. The van der Waals surface area contributed by atoms with Gasteiger partial charge in [0.05, 0.1) is 39.0 Å². The number of rotatable bonds is 3. The molecule has 1 amide bonds. The van der Waals surface area contributed by atoms with Crippen LogP contribution >= 0.6 is 22.9 Å². The number of fused-ring (bicyclic) bond motifs is 2. The van der Waals surface area contributed by atoms with Gasteiger partial charge in [0.1, 0.15) is 28.5 Å². The summed E-state index contributed by atoms with van der Waals surface area (Å²) in [6.07, 6.45) is 1.43. The first kappa shape index (κ1) is 24.8. The average Bonchev–Trinajstić information content (AvgIpc) is 3.19. The first-order chi connectivity index (χ1) is 17.5. The standard InChI is InChI=1S/C25H16ClF4N5OS/c1-10(11-3-2-6-34-22(11)32)35-9-25(29,30)19-13(24(35)36)7-16(28)18(20(19)26)12-4-5-15(27)21-17(12)14(8-31)23(33)37-21/h2-7,10H,9,33H2,1H3,(H2,32,34)/t10-/m1/s1. The molecule has 0 aliphatic carbocycles. The number of carbonyl (C=O) groups excluding carboxylic acids is 1. The largest absolute Gasteiger partial charge is 0.389 e. The van der Waals surface area contributed by atoms with Crippen LogP contribution in [0.1, 0.15) is 40.0 Å². The van der Waals surface area contributed by atoms with Gasteiger partial charge in [0.25, 0.3) is 11.8 Å². The van der Waals surface area contributed by atoms with Crippen molar-refractivity contribution in [3.8, 4) is 17.2 Å². The maximum atomic E-state index is 15.6. The van der Waals surface area contributed by atoms with Crippen molar-refractivity contribution >= 4 is 49.7 Å². The highest BCUT2D eigenvalue weighted by Gasteiger charge is 2.48. The predicted molar refractivity (Wildman–Crippen MR) is 133 cm³/mol. The molecule has 0 saturated heterocycles. The van der Waals surface area contributed by atoms with Crippen LogP contribution in [-0.4, -0.2) is 22.3 Å². The SMILES string of the molecule is C[C@H](c1cccnc1N)N1CC(F)(F)c2c(cc(F)c(-c3ccc(F)c4sc(N)c(C#N)c34)c2Cl)C1=O. The number of carbonyl (C=O) groups is 1. The van der Waals surface area contributed by atoms with E-state index in [-0.39, 0.29) is 32.0 Å². The minimum atomic E-state index is -3.68. The molecule has 37 heavy (non-hydrogen) atoms. The van der Waals surface area contributed by atoms with Gasteiger partial charge < -0.3 is 16.4 Å². The summed E-state index contributed by atoms with van der Waals surface area (Å²) >= 11 is 7.18. The number of amides is 1. The third kappa shape index (κ3) is 3.67. The van der Waals surface area contributed by atoms with Gasteiger partial charge in [-0.25, -0.2) is 13.8 Å². The lowest BCUT2D eigenvalue weighted by molar-refractivity contribution is -0.0484. The third-order valence-corrected chi connectivity index (χ3v) is 7.84. The highest BCUT2D eigenvalue weighted by molar-refractivity contribution is 7.23. The Morgan fingerprint density at radius 3 is 2.62 bits per heavy atom. The van der Waals surface area contributed by atoms with E-state index in [1.54, 1.807) is 12.1 Å². The number of benzene rings is 2. The van der Waals surface area contributed by atoms with E-state index < -0.39 is 57.8 Å². The van der Waals surface area contributed by atoms with Crippen LogP contribution in [0.25, 0.3) is 21.2 Å². The van der Waals surface area contributed by atoms with Crippen LogP contribution in [0.15, 0.2) is 36.5 Å². The lowest BCUT2D eigenvalue weighted by Gasteiger charge is -2.38. The molecule has 2 aromatic carbocycles. The van der Waals surface area contributed by atoms with Crippen LogP contribution in [0, 0.1) is 23.0 Å². The molecule has 1 atom stereocenters. The first-order valence-corrected chi connectivity index (χ1v) is 12.0. The molecule has 0 unspecified atom stereocenters. The first-order valence-electron chi connectivity index (χ1n) is 10.8. The van der Waals surface area contributed by atoms with Crippen LogP contribution in [0.4, 0.5) is 28.4 Å². The molecule has 2 aromatic heterocycles. The summed E-state index contributed by atoms with van der Waals surface area (Å²) in [5.74, 6) is -6.29. The van der Waals surface area contributed by atoms with E-state index in [9.17, 15) is 14.4 Å². The Bertz CT molecular complexity index is 1670. The maximum Gasteiger partial charge on any atom is 0.292 e. The molecule has 3 heterocycles. The number of halogens is 5. The van der Waals surface area contributed by atoms with Crippen LogP contribution in [0.3, 0.4) is 0 Å². The van der Waals surface area contributed by atoms with E-state index in [0.717, 1.165) is 28.4 Å². The quantitative estimate of drug-likeness (QED) is 0.296. The second kappa shape index (κ2) is 8.61. The number of pyridine rings is 1. The fourth-order valence-electron chi connectivity index (χ4n) is 4.68. The average molecular weight is 546 g/mol. The van der Waals surface area contributed by atoms with E-state index in [4.69, 9.17) is 23.1 Å². The van der Waals surface area contributed by atoms with Gasteiger partial charge in [0.2, 0.25) is 0 Å². The summed E-state index contributed by atoms with van der Waals surface area (Å²) in [7, 11) is 0. The van der Waals surface area contributed by atoms with Crippen molar-refractivity contribution in [2.45, 2.75) is 18.9 Å². The molecule has 1 aliphatic rings. The number of hydrogen-bond donors (Lipinski definition) is 2. The van der Waals surface area contributed by atoms with Crippen molar-refractivity contribution in [1.29, 1.82) is 5.26 Å². The molecule has 0 radical (unpaired) electrons. The number of nitrogens with zero attached hydrogens (tertiary/aromatic N) is 3. The smallest absolute Gasteiger partial charge is 0.292 e. The summed E-state index contributed by atoms with van der Waals surface area (Å²) in [6, 6.07) is 6.91. The van der Waals surface area contributed by atoms with Crippen LogP contribution in [-0.2, 0) is 5.92 Å². The van der Waals surface area contributed by atoms with Gasteiger partial charge in [-0.05, 0) is 30.7 Å². The van der Waals surface area contributed by atoms with Gasteiger partial charge in [0.15, 0.2) is 0 Å². The number of nitrogens with two attached hydrogens (primary N) is 2. The van der Waals surface area contributed by atoms with Gasteiger partial charge in [-0.1, -0.05) is 23.7 Å². The Morgan fingerprint density at radius 2 is 1.95 bits per heavy atom. The second-order valence-electron chi connectivity index (χ2n) is 8.51. The second-order valence-corrected chi connectivity index (χ2v) is 9.94. The van der Waals surface area contributed by atoms with Gasteiger partial charge >= 0.3 is 0 Å². The Labute approximate surface area is 216 Å². The maximum absolute atomic E-state index is 15.6. The number of nitriles is 1. The summed E-state index contributed by atoms with van der Waals surface area (Å²) < 4.78 is 61.3. The van der Waals surface area contributed by atoms with Crippen molar-refractivity contribution in [2.75, 3.05) is 18.0 Å². The van der Waals surface area contributed by atoms with E-state index in [0.29, 0.717) is 11.6 Å². The fraction of sp³-hybridized carbons (Fsp3) is 0.160. The van der Waals surface area contributed by atoms with E-state index in [1.807, 2.05) is 6.07 Å². The van der Waals surface area contributed by atoms with E-state index in [2.05, 4.69) is 4.98 Å². The summed E-state index contributed by atoms with van der Waals surface area (Å²) in [6.45, 7) is 0.463. The Hall–Kier alpha value is -3.88. The molecule has 4 aromatic rings. The molecule has 6 nitrogen and oxygen atoms in total. The monoisotopic (exact) mass is 545 g/mol. The van der Waals surface area contributed by atoms with Crippen molar-refractivity contribution in [3.63, 3.8) is 0 Å². The van der Waals surface area contributed by atoms with Crippen molar-refractivity contribution < 1.29 is 22.4 Å². The van der Waals surface area contributed by atoms with Crippen LogP contribution in [0.5, 0.6) is 0 Å². The normalized spacial score (nSPS) is 15.5. The van der Waals surface area contributed by atoms with Gasteiger partial charge in [-0.2, -0.15) is 14.0 Å². The lowest BCUT2D eigenvalue weighted by atomic mass is 9.88.